The van der Waals surface area contributed by atoms with E-state index in [2.05, 4.69) is 42.5 Å². The maximum atomic E-state index is 11.5. The second-order valence-electron chi connectivity index (χ2n) is 9.69. The zero-order valence-electron chi connectivity index (χ0n) is 23.2. The minimum absolute atomic E-state index is 0.0579. The van der Waals surface area contributed by atoms with Crippen molar-refractivity contribution < 1.29 is 28.8 Å². The number of hydrogen-bond donors (Lipinski definition) is 3. The molecule has 8 nitrogen and oxygen atoms in total. The molecule has 1 saturated heterocycles. The summed E-state index contributed by atoms with van der Waals surface area (Å²) in [5.74, 6) is -1.05. The highest BCUT2D eigenvalue weighted by molar-refractivity contribution is 9.10. The molecular weight excluding hydrogens is 643 g/mol. The Kier molecular flexibility index (Phi) is 12.1. The molecule has 3 aromatic carbocycles. The molecule has 2 amide bonds. The van der Waals surface area contributed by atoms with Gasteiger partial charge in [-0.2, -0.15) is 0 Å². The van der Waals surface area contributed by atoms with Crippen LogP contribution in [-0.4, -0.2) is 55.3 Å². The number of halogens is 2. The first-order chi connectivity index (χ1) is 18.7. The lowest BCUT2D eigenvalue weighted by atomic mass is 9.79. The Hall–Kier alpha value is -2.99. The van der Waals surface area contributed by atoms with Gasteiger partial charge in [0.1, 0.15) is 0 Å². The van der Waals surface area contributed by atoms with E-state index in [9.17, 15) is 14.4 Å². The minimum atomic E-state index is -0.896. The molecule has 11 heteroatoms. The first-order valence-electron chi connectivity index (χ1n) is 12.3. The van der Waals surface area contributed by atoms with E-state index in [4.69, 9.17) is 14.4 Å². The molecule has 4 rings (SSSR count). The van der Waals surface area contributed by atoms with Gasteiger partial charge in [0.25, 0.3) is 11.8 Å². The minimum Gasteiger partial charge on any atom is -0.478 e. The smallest absolute Gasteiger partial charge is 0.478 e. The number of nitrogens with one attached hydrogen (secondary N) is 2. The predicted molar refractivity (Wildman–Crippen MR) is 164 cm³/mol. The Balaban J connectivity index is 0.000000228. The normalized spacial score (nSPS) is 14.6. The summed E-state index contributed by atoms with van der Waals surface area (Å²) in [6.07, 6.45) is 0. The predicted octanol–water partition coefficient (Wildman–Crippen LogP) is 5.30. The topological polar surface area (TPSA) is 114 Å². The second-order valence-corrected chi connectivity index (χ2v) is 11.5. The van der Waals surface area contributed by atoms with Crippen LogP contribution in [0.25, 0.3) is 0 Å². The summed E-state index contributed by atoms with van der Waals surface area (Å²) in [5.41, 5.74) is 1.84. The highest BCUT2D eigenvalue weighted by Crippen LogP contribution is 2.36. The molecule has 0 atom stereocenters. The van der Waals surface area contributed by atoms with E-state index in [1.807, 2.05) is 52.0 Å². The van der Waals surface area contributed by atoms with Gasteiger partial charge in [-0.25, -0.2) is 4.79 Å². The van der Waals surface area contributed by atoms with Gasteiger partial charge in [-0.15, -0.1) is 0 Å². The van der Waals surface area contributed by atoms with Gasteiger partial charge in [0.15, 0.2) is 0 Å². The van der Waals surface area contributed by atoms with E-state index in [1.54, 1.807) is 62.6 Å². The molecule has 1 fully saturated rings. The van der Waals surface area contributed by atoms with Crippen molar-refractivity contribution >= 4 is 62.2 Å². The maximum Gasteiger partial charge on any atom is 0.494 e. The third kappa shape index (κ3) is 9.30. The van der Waals surface area contributed by atoms with Gasteiger partial charge in [-0.3, -0.25) is 9.59 Å². The van der Waals surface area contributed by atoms with Crippen LogP contribution in [0.3, 0.4) is 0 Å². The molecule has 0 saturated carbocycles. The number of rotatable bonds is 4. The van der Waals surface area contributed by atoms with Crippen LogP contribution in [0.15, 0.2) is 81.7 Å². The van der Waals surface area contributed by atoms with E-state index in [0.717, 1.165) is 14.4 Å². The highest BCUT2D eigenvalue weighted by Gasteiger charge is 2.51. The summed E-state index contributed by atoms with van der Waals surface area (Å²) < 4.78 is 13.8. The van der Waals surface area contributed by atoms with E-state index in [1.165, 1.54) is 0 Å². The van der Waals surface area contributed by atoms with E-state index < -0.39 is 5.97 Å². The third-order valence-electron chi connectivity index (χ3n) is 6.35. The lowest BCUT2D eigenvalue weighted by molar-refractivity contribution is 0.00578. The van der Waals surface area contributed by atoms with E-state index in [0.29, 0.717) is 16.7 Å². The first kappa shape index (κ1) is 33.2. The van der Waals surface area contributed by atoms with Crippen molar-refractivity contribution in [2.24, 2.45) is 0 Å². The van der Waals surface area contributed by atoms with Gasteiger partial charge in [-0.1, -0.05) is 44.0 Å². The molecule has 3 aromatic rings. The van der Waals surface area contributed by atoms with Crippen LogP contribution in [0.2, 0.25) is 0 Å². The molecule has 0 aliphatic carbocycles. The lowest BCUT2D eigenvalue weighted by Gasteiger charge is -2.32. The summed E-state index contributed by atoms with van der Waals surface area (Å²) in [7, 11) is 2.85. The zero-order valence-corrected chi connectivity index (χ0v) is 26.4. The number of amides is 2. The summed E-state index contributed by atoms with van der Waals surface area (Å²) in [6, 6.07) is 21.0. The Morgan fingerprint density at radius 2 is 0.975 bits per heavy atom. The molecule has 1 aliphatic heterocycles. The van der Waals surface area contributed by atoms with Crippen LogP contribution in [0.5, 0.6) is 0 Å². The van der Waals surface area contributed by atoms with Crippen LogP contribution < -0.4 is 16.1 Å². The molecular formula is C29H33BBr2N2O6. The Morgan fingerprint density at radius 1 is 0.650 bits per heavy atom. The Morgan fingerprint density at radius 3 is 1.30 bits per heavy atom. The average Bonchev–Trinajstić information content (AvgIpc) is 3.15. The first-order valence-corrected chi connectivity index (χ1v) is 13.9. The van der Waals surface area contributed by atoms with Crippen LogP contribution in [0, 0.1) is 0 Å². The average molecular weight is 676 g/mol. The van der Waals surface area contributed by atoms with Crippen LogP contribution in [0.1, 0.15) is 58.8 Å². The SMILES string of the molecule is CNC(=O)c1ccc(B2OC(C)(C)C(C)(C)O2)cc1.CNC(=O)c1ccc(Br)cc1.O=C(O)c1ccc(Br)cc1. The standard InChI is InChI=1S/C14H20BNO3.C8H8BrNO.C7H5BrO2/c1-13(2)14(3,4)19-15(18-13)11-8-6-10(7-9-11)12(17)16-5;1-10-8(11)6-2-4-7(9)5-3-6;8-6-3-1-5(2-4-6)7(9)10/h6-9H,1-5H3,(H,16,17);2-5H,1H3,(H,10,11);1-4H,(H,9,10). The molecule has 3 N–H and O–H groups in total. The fraction of sp³-hybridized carbons (Fsp3) is 0.276. The van der Waals surface area contributed by atoms with Crippen molar-refractivity contribution in [1.29, 1.82) is 0 Å². The molecule has 212 valence electrons. The summed E-state index contributed by atoms with van der Waals surface area (Å²) >= 11 is 6.49. The fourth-order valence-corrected chi connectivity index (χ4v) is 3.78. The quantitative estimate of drug-likeness (QED) is 0.324. The van der Waals surface area contributed by atoms with Crippen LogP contribution in [-0.2, 0) is 9.31 Å². The number of carbonyl (C=O) groups is 3. The fourth-order valence-electron chi connectivity index (χ4n) is 3.25. The Bertz CT molecular complexity index is 1280. The number of carboxylic acids is 1. The van der Waals surface area contributed by atoms with Gasteiger partial charge < -0.3 is 25.0 Å². The van der Waals surface area contributed by atoms with E-state index >= 15 is 0 Å². The summed E-state index contributed by atoms with van der Waals surface area (Å²) in [5, 5.41) is 13.6. The molecule has 40 heavy (non-hydrogen) atoms. The van der Waals surface area contributed by atoms with Crippen molar-refractivity contribution in [2.45, 2.75) is 38.9 Å². The van der Waals surface area contributed by atoms with Gasteiger partial charge >= 0.3 is 13.1 Å². The third-order valence-corrected chi connectivity index (χ3v) is 7.41. The van der Waals surface area contributed by atoms with Gasteiger partial charge in [0, 0.05) is 34.2 Å². The van der Waals surface area contributed by atoms with Gasteiger partial charge in [0.05, 0.1) is 16.8 Å². The molecule has 0 spiro atoms. The number of benzene rings is 3. The molecule has 0 radical (unpaired) electrons. The zero-order chi connectivity index (χ0) is 30.1. The van der Waals surface area contributed by atoms with Crippen molar-refractivity contribution in [3.8, 4) is 0 Å². The lowest BCUT2D eigenvalue weighted by Crippen LogP contribution is -2.41. The van der Waals surface area contributed by atoms with Crippen molar-refractivity contribution in [1.82, 2.24) is 10.6 Å². The molecule has 0 bridgehead atoms. The maximum absolute atomic E-state index is 11.5. The monoisotopic (exact) mass is 674 g/mol. The second kappa shape index (κ2) is 14.6. The number of hydrogen-bond acceptors (Lipinski definition) is 5. The van der Waals surface area contributed by atoms with Crippen molar-refractivity contribution in [2.75, 3.05) is 14.1 Å². The Labute approximate surface area is 252 Å². The highest BCUT2D eigenvalue weighted by atomic mass is 79.9. The van der Waals surface area contributed by atoms with E-state index in [-0.39, 0.29) is 30.1 Å². The van der Waals surface area contributed by atoms with Crippen molar-refractivity contribution in [3.05, 3.63) is 98.4 Å². The van der Waals surface area contributed by atoms with Crippen molar-refractivity contribution in [3.63, 3.8) is 0 Å². The van der Waals surface area contributed by atoms with Gasteiger partial charge in [-0.05, 0) is 93.8 Å². The number of carbonyl (C=O) groups excluding carboxylic acids is 2. The van der Waals surface area contributed by atoms with Crippen LogP contribution in [0.4, 0.5) is 0 Å². The summed E-state index contributed by atoms with van der Waals surface area (Å²) in [4.78, 5) is 32.8. The summed E-state index contributed by atoms with van der Waals surface area (Å²) in [6.45, 7) is 8.08. The molecule has 1 aliphatic rings. The molecule has 0 unspecified atom stereocenters. The number of aromatic carboxylic acids is 1. The number of carboxylic acid groups (broad SMARTS) is 1. The molecule has 1 heterocycles. The van der Waals surface area contributed by atoms with Crippen LogP contribution >= 0.6 is 31.9 Å². The largest absolute Gasteiger partial charge is 0.494 e. The van der Waals surface area contributed by atoms with Gasteiger partial charge in [0.2, 0.25) is 0 Å². The molecule has 0 aromatic heterocycles.